The van der Waals surface area contributed by atoms with Crippen LogP contribution in [0.15, 0.2) is 48.8 Å². The maximum atomic E-state index is 12.6. The van der Waals surface area contributed by atoms with Gasteiger partial charge in [-0.3, -0.25) is 14.6 Å². The molecular weight excluding hydrogens is 368 g/mol. The van der Waals surface area contributed by atoms with Gasteiger partial charge in [-0.25, -0.2) is 0 Å². The lowest BCUT2D eigenvalue weighted by Gasteiger charge is -2.33. The number of rotatable bonds is 5. The quantitative estimate of drug-likeness (QED) is 0.815. The van der Waals surface area contributed by atoms with Crippen LogP contribution in [0.5, 0.6) is 11.5 Å². The summed E-state index contributed by atoms with van der Waals surface area (Å²) in [5, 5.41) is 6.24. The molecule has 0 bridgehead atoms. The van der Waals surface area contributed by atoms with Gasteiger partial charge in [-0.2, -0.15) is 0 Å². The minimum absolute atomic E-state index is 0.0111. The molecule has 1 unspecified atom stereocenters. The Morgan fingerprint density at radius 2 is 1.86 bits per heavy atom. The first-order chi connectivity index (χ1) is 14.2. The Bertz CT molecular complexity index is 827. The minimum Gasteiger partial charge on any atom is -0.456 e. The average Bonchev–Trinajstić information content (AvgIpc) is 3.30. The number of pyridine rings is 1. The van der Waals surface area contributed by atoms with Gasteiger partial charge in [0.25, 0.3) is 0 Å². The van der Waals surface area contributed by atoms with Crippen LogP contribution in [0.4, 0.5) is 5.69 Å². The highest BCUT2D eigenvalue weighted by molar-refractivity contribution is 5.93. The Hall–Kier alpha value is -2.93. The number of benzene rings is 1. The minimum atomic E-state index is -0.0677. The van der Waals surface area contributed by atoms with Gasteiger partial charge in [0, 0.05) is 30.9 Å². The monoisotopic (exact) mass is 394 g/mol. The summed E-state index contributed by atoms with van der Waals surface area (Å²) in [6, 6.07) is 10.9. The Kier molecular flexibility index (Phi) is 6.05. The summed E-state index contributed by atoms with van der Waals surface area (Å²) in [5.74, 6) is 1.48. The van der Waals surface area contributed by atoms with Crippen LogP contribution in [0.25, 0.3) is 0 Å². The molecule has 2 aromatic rings. The SMILES string of the molecule is O=C(Nc1ccc(Oc2cccnc2)cc1)C1CCN(C(=O)C2CCCN2)CC1. The number of ether oxygens (including phenoxy) is 1. The van der Waals surface area contributed by atoms with E-state index in [0.29, 0.717) is 37.4 Å². The first-order valence-corrected chi connectivity index (χ1v) is 10.2. The number of likely N-dealkylation sites (tertiary alicyclic amines) is 1. The average molecular weight is 394 g/mol. The number of anilines is 1. The molecule has 1 atom stereocenters. The molecule has 3 heterocycles. The third-order valence-corrected chi connectivity index (χ3v) is 5.53. The molecule has 2 aliphatic heterocycles. The van der Waals surface area contributed by atoms with Gasteiger partial charge in [-0.05, 0) is 68.6 Å². The zero-order valence-corrected chi connectivity index (χ0v) is 16.3. The highest BCUT2D eigenvalue weighted by atomic mass is 16.5. The van der Waals surface area contributed by atoms with Gasteiger partial charge in [-0.15, -0.1) is 0 Å². The summed E-state index contributed by atoms with van der Waals surface area (Å²) >= 11 is 0. The number of hydrogen-bond donors (Lipinski definition) is 2. The van der Waals surface area contributed by atoms with E-state index in [9.17, 15) is 9.59 Å². The predicted molar refractivity (Wildman–Crippen MR) is 110 cm³/mol. The topological polar surface area (TPSA) is 83.6 Å². The van der Waals surface area contributed by atoms with Gasteiger partial charge >= 0.3 is 0 Å². The first-order valence-electron chi connectivity index (χ1n) is 10.2. The van der Waals surface area contributed by atoms with E-state index in [2.05, 4.69) is 15.6 Å². The van der Waals surface area contributed by atoms with E-state index in [1.165, 1.54) is 0 Å². The molecule has 2 amide bonds. The molecule has 1 aromatic heterocycles. The van der Waals surface area contributed by atoms with Crippen molar-refractivity contribution in [3.63, 3.8) is 0 Å². The summed E-state index contributed by atoms with van der Waals surface area (Å²) in [6.07, 6.45) is 6.72. The van der Waals surface area contributed by atoms with E-state index in [1.807, 2.05) is 41.3 Å². The maximum absolute atomic E-state index is 12.6. The number of nitrogens with zero attached hydrogens (tertiary/aromatic N) is 2. The smallest absolute Gasteiger partial charge is 0.239 e. The van der Waals surface area contributed by atoms with Crippen LogP contribution >= 0.6 is 0 Å². The van der Waals surface area contributed by atoms with E-state index < -0.39 is 0 Å². The number of carbonyl (C=O) groups excluding carboxylic acids is 2. The molecule has 0 radical (unpaired) electrons. The van der Waals surface area contributed by atoms with E-state index >= 15 is 0 Å². The van der Waals surface area contributed by atoms with Crippen LogP contribution in [-0.2, 0) is 9.59 Å². The highest BCUT2D eigenvalue weighted by Gasteiger charge is 2.31. The Morgan fingerprint density at radius 3 is 2.52 bits per heavy atom. The molecule has 152 valence electrons. The van der Waals surface area contributed by atoms with Crippen LogP contribution in [0.3, 0.4) is 0 Å². The van der Waals surface area contributed by atoms with E-state index in [-0.39, 0.29) is 23.8 Å². The predicted octanol–water partition coefficient (Wildman–Crippen LogP) is 2.80. The van der Waals surface area contributed by atoms with Crippen LogP contribution < -0.4 is 15.4 Å². The molecule has 0 aliphatic carbocycles. The number of nitrogens with one attached hydrogen (secondary N) is 2. The van der Waals surface area contributed by atoms with Gasteiger partial charge in [-0.1, -0.05) is 0 Å². The summed E-state index contributed by atoms with van der Waals surface area (Å²) in [4.78, 5) is 31.0. The number of carbonyl (C=O) groups is 2. The zero-order valence-electron chi connectivity index (χ0n) is 16.3. The van der Waals surface area contributed by atoms with Crippen molar-refractivity contribution in [1.82, 2.24) is 15.2 Å². The highest BCUT2D eigenvalue weighted by Crippen LogP contribution is 2.24. The molecule has 1 aromatic carbocycles. The Labute approximate surface area is 170 Å². The van der Waals surface area contributed by atoms with E-state index in [1.54, 1.807) is 12.4 Å². The standard InChI is InChI=1S/C22H26N4O3/c27-21(16-9-13-26(14-10-16)22(28)20-4-2-12-24-20)25-17-5-7-18(8-6-17)29-19-3-1-11-23-15-19/h1,3,5-8,11,15-16,20,24H,2,4,9-10,12-14H2,(H,25,27). The second kappa shape index (κ2) is 9.05. The van der Waals surface area contributed by atoms with E-state index in [0.717, 1.165) is 25.1 Å². The first kappa shape index (κ1) is 19.4. The van der Waals surface area contributed by atoms with Crippen molar-refractivity contribution >= 4 is 17.5 Å². The Balaban J connectivity index is 1.26. The second-order valence-electron chi connectivity index (χ2n) is 7.55. The molecule has 7 nitrogen and oxygen atoms in total. The lowest BCUT2D eigenvalue weighted by atomic mass is 9.95. The summed E-state index contributed by atoms with van der Waals surface area (Å²) < 4.78 is 5.71. The lowest BCUT2D eigenvalue weighted by molar-refractivity contribution is -0.136. The fourth-order valence-corrected chi connectivity index (χ4v) is 3.87. The van der Waals surface area contributed by atoms with Crippen molar-refractivity contribution in [1.29, 1.82) is 0 Å². The molecule has 7 heteroatoms. The molecule has 4 rings (SSSR count). The number of aromatic nitrogens is 1. The van der Waals surface area contributed by atoms with Crippen LogP contribution in [0.2, 0.25) is 0 Å². The summed E-state index contributed by atoms with van der Waals surface area (Å²) in [7, 11) is 0. The number of hydrogen-bond acceptors (Lipinski definition) is 5. The molecule has 29 heavy (non-hydrogen) atoms. The molecule has 2 N–H and O–H groups in total. The van der Waals surface area contributed by atoms with Gasteiger partial charge in [0.1, 0.15) is 11.5 Å². The van der Waals surface area contributed by atoms with Crippen molar-refractivity contribution < 1.29 is 14.3 Å². The van der Waals surface area contributed by atoms with Gasteiger partial charge in [0.2, 0.25) is 11.8 Å². The summed E-state index contributed by atoms with van der Waals surface area (Å²) in [5.41, 5.74) is 0.738. The molecule has 2 aliphatic rings. The van der Waals surface area contributed by atoms with Crippen molar-refractivity contribution in [2.75, 3.05) is 25.0 Å². The molecule has 0 saturated carbocycles. The number of amides is 2. The van der Waals surface area contributed by atoms with Gasteiger partial charge < -0.3 is 20.3 Å². The van der Waals surface area contributed by atoms with Crippen LogP contribution in [0, 0.1) is 5.92 Å². The summed E-state index contributed by atoms with van der Waals surface area (Å²) in [6.45, 7) is 2.21. The third kappa shape index (κ3) is 4.92. The van der Waals surface area contributed by atoms with Crippen LogP contribution in [0.1, 0.15) is 25.7 Å². The second-order valence-corrected chi connectivity index (χ2v) is 7.55. The molecule has 2 fully saturated rings. The molecule has 0 spiro atoms. The molecular formula is C22H26N4O3. The zero-order chi connectivity index (χ0) is 20.1. The maximum Gasteiger partial charge on any atom is 0.239 e. The van der Waals surface area contributed by atoms with Gasteiger partial charge in [0.05, 0.1) is 12.2 Å². The fraction of sp³-hybridized carbons (Fsp3) is 0.409. The lowest BCUT2D eigenvalue weighted by Crippen LogP contribution is -2.48. The molecule has 2 saturated heterocycles. The largest absolute Gasteiger partial charge is 0.456 e. The Morgan fingerprint density at radius 1 is 1.07 bits per heavy atom. The van der Waals surface area contributed by atoms with Gasteiger partial charge in [0.15, 0.2) is 0 Å². The van der Waals surface area contributed by atoms with Crippen molar-refractivity contribution in [3.8, 4) is 11.5 Å². The normalized spacial score (nSPS) is 19.7. The third-order valence-electron chi connectivity index (χ3n) is 5.53. The van der Waals surface area contributed by atoms with Crippen molar-refractivity contribution in [2.24, 2.45) is 5.92 Å². The fourth-order valence-electron chi connectivity index (χ4n) is 3.87. The van der Waals surface area contributed by atoms with E-state index in [4.69, 9.17) is 4.74 Å². The van der Waals surface area contributed by atoms with Crippen molar-refractivity contribution in [3.05, 3.63) is 48.8 Å². The van der Waals surface area contributed by atoms with Crippen LogP contribution in [-0.4, -0.2) is 47.4 Å². The van der Waals surface area contributed by atoms with Crippen molar-refractivity contribution in [2.45, 2.75) is 31.7 Å². The number of piperidine rings is 1.